The molecule has 1 spiro atoms. The number of para-hydroxylation sites is 1. The molecule has 0 unspecified atom stereocenters. The fraction of sp³-hybridized carbons (Fsp3) is 0.556. The number of Topliss-reactive ketones (excluding diaryl/α,β-unsaturated/α-hetero) is 2. The Hall–Kier alpha value is -1.64. The summed E-state index contributed by atoms with van der Waals surface area (Å²) in [4.78, 5) is 25.5. The van der Waals surface area contributed by atoms with Crippen molar-refractivity contribution < 1.29 is 14.3 Å². The second-order valence-electron chi connectivity index (χ2n) is 6.25. The summed E-state index contributed by atoms with van der Waals surface area (Å²) in [6.07, 6.45) is 3.70. The fourth-order valence-electron chi connectivity index (χ4n) is 4.35. The lowest BCUT2D eigenvalue weighted by Gasteiger charge is -2.29. The molecule has 0 amide bonds. The SMILES string of the molecule is CC[C@@H]1C[C@H](c2ccccc2OC)[C@@]2(CCCC2=O)C1=O. The molecule has 112 valence electrons. The van der Waals surface area contributed by atoms with Crippen molar-refractivity contribution in [3.8, 4) is 5.75 Å². The van der Waals surface area contributed by atoms with Crippen LogP contribution in [0.4, 0.5) is 0 Å². The van der Waals surface area contributed by atoms with E-state index in [1.807, 2.05) is 31.2 Å². The zero-order valence-corrected chi connectivity index (χ0v) is 12.7. The molecule has 0 aromatic heterocycles. The van der Waals surface area contributed by atoms with Gasteiger partial charge in [-0.15, -0.1) is 0 Å². The van der Waals surface area contributed by atoms with Gasteiger partial charge >= 0.3 is 0 Å². The van der Waals surface area contributed by atoms with E-state index in [1.165, 1.54) is 0 Å². The number of hydrogen-bond donors (Lipinski definition) is 0. The van der Waals surface area contributed by atoms with Crippen molar-refractivity contribution in [3.63, 3.8) is 0 Å². The lowest BCUT2D eigenvalue weighted by atomic mass is 9.71. The highest BCUT2D eigenvalue weighted by atomic mass is 16.5. The molecule has 2 saturated carbocycles. The Morgan fingerprint density at radius 3 is 2.67 bits per heavy atom. The van der Waals surface area contributed by atoms with Crippen LogP contribution in [-0.2, 0) is 9.59 Å². The van der Waals surface area contributed by atoms with Gasteiger partial charge < -0.3 is 4.74 Å². The van der Waals surface area contributed by atoms with Gasteiger partial charge in [-0.25, -0.2) is 0 Å². The van der Waals surface area contributed by atoms with Crippen LogP contribution in [0.15, 0.2) is 24.3 Å². The number of methoxy groups -OCH3 is 1. The smallest absolute Gasteiger partial charge is 0.150 e. The number of ether oxygens (including phenoxy) is 1. The van der Waals surface area contributed by atoms with Gasteiger partial charge in [-0.05, 0) is 37.3 Å². The van der Waals surface area contributed by atoms with E-state index in [4.69, 9.17) is 4.74 Å². The van der Waals surface area contributed by atoms with Crippen LogP contribution in [-0.4, -0.2) is 18.7 Å². The number of ketones is 2. The molecule has 0 radical (unpaired) electrons. The zero-order chi connectivity index (χ0) is 15.0. The van der Waals surface area contributed by atoms with Gasteiger partial charge in [0.1, 0.15) is 17.3 Å². The van der Waals surface area contributed by atoms with Crippen LogP contribution in [0, 0.1) is 11.3 Å². The van der Waals surface area contributed by atoms with E-state index in [2.05, 4.69) is 0 Å². The quantitative estimate of drug-likeness (QED) is 0.799. The van der Waals surface area contributed by atoms with E-state index >= 15 is 0 Å². The molecule has 2 aliphatic carbocycles. The molecule has 0 N–H and O–H groups in total. The second kappa shape index (κ2) is 5.28. The first-order valence-electron chi connectivity index (χ1n) is 7.85. The summed E-state index contributed by atoms with van der Waals surface area (Å²) in [5.74, 6) is 1.14. The van der Waals surface area contributed by atoms with E-state index in [9.17, 15) is 9.59 Å². The Bertz CT molecular complexity index is 578. The molecule has 3 atom stereocenters. The summed E-state index contributed by atoms with van der Waals surface area (Å²) < 4.78 is 5.48. The van der Waals surface area contributed by atoms with Crippen LogP contribution in [0.3, 0.4) is 0 Å². The van der Waals surface area contributed by atoms with Crippen molar-refractivity contribution >= 4 is 11.6 Å². The van der Waals surface area contributed by atoms with Gasteiger partial charge in [0.25, 0.3) is 0 Å². The number of rotatable bonds is 3. The number of carbonyl (C=O) groups is 2. The summed E-state index contributed by atoms with van der Waals surface area (Å²) in [6, 6.07) is 7.84. The number of benzene rings is 1. The summed E-state index contributed by atoms with van der Waals surface area (Å²) in [5.41, 5.74) is 0.259. The first-order valence-corrected chi connectivity index (χ1v) is 7.85. The first kappa shape index (κ1) is 14.3. The van der Waals surface area contributed by atoms with Crippen molar-refractivity contribution in [1.82, 2.24) is 0 Å². The van der Waals surface area contributed by atoms with E-state index in [0.717, 1.165) is 30.6 Å². The highest BCUT2D eigenvalue weighted by Gasteiger charge is 2.60. The van der Waals surface area contributed by atoms with Gasteiger partial charge in [-0.1, -0.05) is 25.1 Å². The van der Waals surface area contributed by atoms with Crippen LogP contribution in [0.1, 0.15) is 50.5 Å². The molecule has 0 bridgehead atoms. The molecule has 1 aromatic rings. The lowest BCUT2D eigenvalue weighted by molar-refractivity contribution is -0.138. The van der Waals surface area contributed by atoms with Crippen LogP contribution >= 0.6 is 0 Å². The normalized spacial score (nSPS) is 32.1. The van der Waals surface area contributed by atoms with Gasteiger partial charge in [-0.2, -0.15) is 0 Å². The minimum Gasteiger partial charge on any atom is -0.496 e. The topological polar surface area (TPSA) is 43.4 Å². The monoisotopic (exact) mass is 286 g/mol. The number of carbonyl (C=O) groups excluding carboxylic acids is 2. The molecular formula is C18H22O3. The average molecular weight is 286 g/mol. The van der Waals surface area contributed by atoms with Crippen molar-refractivity contribution in [1.29, 1.82) is 0 Å². The largest absolute Gasteiger partial charge is 0.496 e. The predicted octanol–water partition coefficient (Wildman–Crippen LogP) is 3.52. The van der Waals surface area contributed by atoms with Gasteiger partial charge in [0.2, 0.25) is 0 Å². The minimum absolute atomic E-state index is 0.0129. The fourth-order valence-corrected chi connectivity index (χ4v) is 4.35. The zero-order valence-electron chi connectivity index (χ0n) is 12.7. The highest BCUT2D eigenvalue weighted by molar-refractivity contribution is 6.11. The summed E-state index contributed by atoms with van der Waals surface area (Å²) in [6.45, 7) is 2.04. The van der Waals surface area contributed by atoms with Gasteiger partial charge in [0.15, 0.2) is 0 Å². The molecule has 0 heterocycles. The highest BCUT2D eigenvalue weighted by Crippen LogP contribution is 2.58. The molecule has 0 aliphatic heterocycles. The lowest BCUT2D eigenvalue weighted by Crippen LogP contribution is -2.37. The molecule has 0 saturated heterocycles. The first-order chi connectivity index (χ1) is 10.1. The Labute approximate surface area is 125 Å². The third-order valence-corrected chi connectivity index (χ3v) is 5.41. The Kier molecular flexibility index (Phi) is 3.60. The molecule has 2 aliphatic rings. The maximum Gasteiger partial charge on any atom is 0.150 e. The van der Waals surface area contributed by atoms with Crippen molar-refractivity contribution in [3.05, 3.63) is 29.8 Å². The maximum atomic E-state index is 12.9. The Balaban J connectivity index is 2.11. The third kappa shape index (κ3) is 1.94. The van der Waals surface area contributed by atoms with Gasteiger partial charge in [0.05, 0.1) is 12.5 Å². The molecular weight excluding hydrogens is 264 g/mol. The Morgan fingerprint density at radius 1 is 1.29 bits per heavy atom. The van der Waals surface area contributed by atoms with Crippen molar-refractivity contribution in [2.75, 3.05) is 7.11 Å². The summed E-state index contributed by atoms with van der Waals surface area (Å²) >= 11 is 0. The van der Waals surface area contributed by atoms with E-state index in [1.54, 1.807) is 7.11 Å². The summed E-state index contributed by atoms with van der Waals surface area (Å²) in [7, 11) is 1.65. The van der Waals surface area contributed by atoms with E-state index in [0.29, 0.717) is 12.8 Å². The molecule has 3 nitrogen and oxygen atoms in total. The molecule has 3 rings (SSSR count). The minimum atomic E-state index is -0.769. The summed E-state index contributed by atoms with van der Waals surface area (Å²) in [5, 5.41) is 0. The van der Waals surface area contributed by atoms with Crippen molar-refractivity contribution in [2.45, 2.75) is 44.9 Å². The molecule has 2 fully saturated rings. The van der Waals surface area contributed by atoms with Crippen molar-refractivity contribution in [2.24, 2.45) is 11.3 Å². The second-order valence-corrected chi connectivity index (χ2v) is 6.25. The number of hydrogen-bond acceptors (Lipinski definition) is 3. The van der Waals surface area contributed by atoms with Gasteiger partial charge in [-0.3, -0.25) is 9.59 Å². The van der Waals surface area contributed by atoms with Crippen LogP contribution < -0.4 is 4.74 Å². The van der Waals surface area contributed by atoms with Crippen LogP contribution in [0.25, 0.3) is 0 Å². The van der Waals surface area contributed by atoms with Gasteiger partial charge in [0, 0.05) is 18.3 Å². The average Bonchev–Trinajstić information content (AvgIpc) is 3.03. The Morgan fingerprint density at radius 2 is 2.05 bits per heavy atom. The maximum absolute atomic E-state index is 12.9. The molecule has 1 aromatic carbocycles. The van der Waals surface area contributed by atoms with E-state index < -0.39 is 5.41 Å². The van der Waals surface area contributed by atoms with Crippen LogP contribution in [0.5, 0.6) is 5.75 Å². The standard InChI is InChI=1S/C18H22O3/c1-3-12-11-14(13-7-4-5-8-15(13)21-2)18(17(12)20)10-6-9-16(18)19/h4-5,7-8,12,14H,3,6,9-11H2,1-2H3/t12-,14-,18-/m1/s1. The van der Waals surface area contributed by atoms with Crippen LogP contribution in [0.2, 0.25) is 0 Å². The molecule has 21 heavy (non-hydrogen) atoms. The third-order valence-electron chi connectivity index (χ3n) is 5.41. The van der Waals surface area contributed by atoms with E-state index in [-0.39, 0.29) is 23.4 Å². The molecule has 3 heteroatoms. The predicted molar refractivity (Wildman–Crippen MR) is 80.4 cm³/mol.